The number of esters is 1. The first-order valence-corrected chi connectivity index (χ1v) is 12.0. The van der Waals surface area contributed by atoms with E-state index in [1.165, 1.54) is 35.5 Å². The molecule has 1 aromatic carbocycles. The number of sulfonamides is 1. The van der Waals surface area contributed by atoms with Gasteiger partial charge in [-0.2, -0.15) is 4.31 Å². The van der Waals surface area contributed by atoms with Gasteiger partial charge in [-0.05, 0) is 63.4 Å². The molecule has 1 aliphatic rings. The number of Topliss-reactive ketones (excluding diaryl/α,β-unsaturated/α-hetero) is 2. The van der Waals surface area contributed by atoms with Crippen LogP contribution in [-0.4, -0.2) is 54.9 Å². The molecule has 1 fully saturated rings. The first-order chi connectivity index (χ1) is 15.0. The maximum atomic E-state index is 12.9. The molecule has 10 heteroatoms. The predicted molar refractivity (Wildman–Crippen MR) is 118 cm³/mol. The number of hydrogen-bond donors (Lipinski definition) is 1. The van der Waals surface area contributed by atoms with Gasteiger partial charge in [-0.3, -0.25) is 14.4 Å². The van der Waals surface area contributed by atoms with Gasteiger partial charge in [0.05, 0.1) is 16.5 Å². The summed E-state index contributed by atoms with van der Waals surface area (Å²) in [5, 5.41) is 0.427. The van der Waals surface area contributed by atoms with Crippen molar-refractivity contribution >= 4 is 39.2 Å². The number of aromatic nitrogens is 1. The van der Waals surface area contributed by atoms with Gasteiger partial charge >= 0.3 is 5.97 Å². The molecule has 1 atom stereocenters. The largest absolute Gasteiger partial charge is 0.457 e. The molecule has 0 amide bonds. The molecule has 0 spiro atoms. The van der Waals surface area contributed by atoms with Crippen molar-refractivity contribution in [2.75, 3.05) is 19.7 Å². The van der Waals surface area contributed by atoms with Crippen LogP contribution in [0.25, 0.3) is 0 Å². The molecule has 1 aromatic heterocycles. The fraction of sp³-hybridized carbons (Fsp3) is 0.409. The smallest absolute Gasteiger partial charge is 0.310 e. The van der Waals surface area contributed by atoms with Crippen molar-refractivity contribution in [3.8, 4) is 0 Å². The molecule has 8 nitrogen and oxygen atoms in total. The lowest BCUT2D eigenvalue weighted by atomic mass is 10.00. The van der Waals surface area contributed by atoms with Crippen LogP contribution in [0.1, 0.15) is 51.9 Å². The van der Waals surface area contributed by atoms with Gasteiger partial charge in [0.15, 0.2) is 12.4 Å². The van der Waals surface area contributed by atoms with Crippen LogP contribution in [0.2, 0.25) is 5.02 Å². The van der Waals surface area contributed by atoms with Crippen molar-refractivity contribution in [1.29, 1.82) is 0 Å². The van der Waals surface area contributed by atoms with E-state index in [-0.39, 0.29) is 22.9 Å². The summed E-state index contributed by atoms with van der Waals surface area (Å²) in [4.78, 5) is 39.9. The number of H-pyrrole nitrogens is 1. The van der Waals surface area contributed by atoms with E-state index in [0.29, 0.717) is 41.2 Å². The van der Waals surface area contributed by atoms with Crippen LogP contribution in [-0.2, 0) is 19.6 Å². The van der Waals surface area contributed by atoms with Crippen molar-refractivity contribution in [3.05, 3.63) is 51.8 Å². The Hall–Kier alpha value is -2.49. The normalized spacial score (nSPS) is 17.2. The molecule has 0 radical (unpaired) electrons. The van der Waals surface area contributed by atoms with E-state index in [4.69, 9.17) is 16.3 Å². The van der Waals surface area contributed by atoms with Crippen molar-refractivity contribution < 1.29 is 27.5 Å². The average Bonchev–Trinajstić information content (AvgIpc) is 3.06. The first-order valence-electron chi connectivity index (χ1n) is 10.2. The minimum atomic E-state index is -3.77. The fourth-order valence-corrected chi connectivity index (χ4v) is 5.64. The van der Waals surface area contributed by atoms with Gasteiger partial charge in [0.1, 0.15) is 0 Å². The van der Waals surface area contributed by atoms with Gasteiger partial charge in [0.2, 0.25) is 15.8 Å². The quantitative estimate of drug-likeness (QED) is 0.480. The van der Waals surface area contributed by atoms with Crippen molar-refractivity contribution in [2.45, 2.75) is 38.5 Å². The zero-order valence-corrected chi connectivity index (χ0v) is 19.7. The Morgan fingerprint density at radius 1 is 1.19 bits per heavy atom. The Labute approximate surface area is 191 Å². The fourth-order valence-electron chi connectivity index (χ4n) is 3.99. The maximum absolute atomic E-state index is 12.9. The highest BCUT2D eigenvalue weighted by Gasteiger charge is 2.34. The lowest BCUT2D eigenvalue weighted by molar-refractivity contribution is -0.148. The lowest BCUT2D eigenvalue weighted by Gasteiger charge is -2.30. The molecular formula is C22H25ClN2O6S. The summed E-state index contributed by atoms with van der Waals surface area (Å²) >= 11 is 5.84. The van der Waals surface area contributed by atoms with E-state index >= 15 is 0 Å². The number of aryl methyl sites for hydroxylation is 1. The number of aromatic amines is 1. The minimum absolute atomic E-state index is 0.0207. The number of hydrogen-bond acceptors (Lipinski definition) is 6. The third-order valence-electron chi connectivity index (χ3n) is 5.58. The number of ketones is 2. The van der Waals surface area contributed by atoms with Gasteiger partial charge in [0.25, 0.3) is 0 Å². The SMILES string of the molecule is CC(=O)c1c(C)[nH]c(C(=O)COC(=O)C2CCCN(S(=O)(=O)c3ccc(Cl)cc3)C2)c1C. The summed E-state index contributed by atoms with van der Waals surface area (Å²) in [5.41, 5.74) is 1.79. The van der Waals surface area contributed by atoms with Gasteiger partial charge in [-0.15, -0.1) is 0 Å². The zero-order valence-electron chi connectivity index (χ0n) is 18.1. The number of carbonyl (C=O) groups is 3. The number of nitrogens with one attached hydrogen (secondary N) is 1. The standard InChI is InChI=1S/C22H25ClN2O6S/c1-13-20(15(3)26)14(2)24-21(13)19(27)12-31-22(28)16-5-4-10-25(11-16)32(29,30)18-8-6-17(23)7-9-18/h6-9,16,24H,4-5,10-12H2,1-3H3. The molecular weight excluding hydrogens is 456 g/mol. The van der Waals surface area contributed by atoms with Crippen LogP contribution >= 0.6 is 11.6 Å². The first kappa shape index (κ1) is 24.2. The summed E-state index contributed by atoms with van der Waals surface area (Å²) in [6.07, 6.45) is 0.965. The van der Waals surface area contributed by atoms with Crippen LogP contribution < -0.4 is 0 Å². The topological polar surface area (TPSA) is 114 Å². The second-order valence-corrected chi connectivity index (χ2v) is 10.2. The number of carbonyl (C=O) groups excluding carboxylic acids is 3. The zero-order chi connectivity index (χ0) is 23.6. The number of rotatable bonds is 7. The van der Waals surface area contributed by atoms with Gasteiger partial charge in [-0.25, -0.2) is 8.42 Å². The maximum Gasteiger partial charge on any atom is 0.310 e. The summed E-state index contributed by atoms with van der Waals surface area (Å²) in [7, 11) is -3.77. The average molecular weight is 481 g/mol. The number of halogens is 1. The van der Waals surface area contributed by atoms with Crippen LogP contribution in [0, 0.1) is 19.8 Å². The second-order valence-electron chi connectivity index (χ2n) is 7.87. The van der Waals surface area contributed by atoms with E-state index in [9.17, 15) is 22.8 Å². The summed E-state index contributed by atoms with van der Waals surface area (Å²) in [6.45, 7) is 4.57. The molecule has 2 aromatic rings. The van der Waals surface area contributed by atoms with Crippen molar-refractivity contribution in [3.63, 3.8) is 0 Å². The molecule has 3 rings (SSSR count). The Balaban J connectivity index is 1.64. The summed E-state index contributed by atoms with van der Waals surface area (Å²) in [5.74, 6) is -1.90. The molecule has 0 saturated carbocycles. The number of benzene rings is 1. The highest BCUT2D eigenvalue weighted by Crippen LogP contribution is 2.26. The molecule has 1 aliphatic heterocycles. The Kier molecular flexibility index (Phi) is 7.22. The van der Waals surface area contributed by atoms with Crippen LogP contribution in [0.5, 0.6) is 0 Å². The Bertz CT molecular complexity index is 1150. The summed E-state index contributed by atoms with van der Waals surface area (Å²) in [6, 6.07) is 5.84. The molecule has 1 saturated heterocycles. The Morgan fingerprint density at radius 3 is 2.44 bits per heavy atom. The molecule has 172 valence electrons. The molecule has 32 heavy (non-hydrogen) atoms. The van der Waals surface area contributed by atoms with E-state index in [1.54, 1.807) is 13.8 Å². The molecule has 2 heterocycles. The van der Waals surface area contributed by atoms with E-state index in [1.807, 2.05) is 0 Å². The summed E-state index contributed by atoms with van der Waals surface area (Å²) < 4.78 is 32.2. The third kappa shape index (κ3) is 4.95. The highest BCUT2D eigenvalue weighted by atomic mass is 35.5. The number of nitrogens with zero attached hydrogens (tertiary/aromatic N) is 1. The molecule has 1 unspecified atom stereocenters. The van der Waals surface area contributed by atoms with Crippen LogP contribution in [0.4, 0.5) is 0 Å². The minimum Gasteiger partial charge on any atom is -0.457 e. The van der Waals surface area contributed by atoms with Gasteiger partial charge in [0, 0.05) is 29.4 Å². The van der Waals surface area contributed by atoms with Crippen molar-refractivity contribution in [1.82, 2.24) is 9.29 Å². The Morgan fingerprint density at radius 2 is 1.84 bits per heavy atom. The monoisotopic (exact) mass is 480 g/mol. The lowest BCUT2D eigenvalue weighted by Crippen LogP contribution is -2.43. The van der Waals surface area contributed by atoms with Gasteiger partial charge < -0.3 is 9.72 Å². The molecule has 1 N–H and O–H groups in total. The third-order valence-corrected chi connectivity index (χ3v) is 7.71. The van der Waals surface area contributed by atoms with Gasteiger partial charge in [-0.1, -0.05) is 11.6 Å². The predicted octanol–water partition coefficient (Wildman–Crippen LogP) is 3.31. The highest BCUT2D eigenvalue weighted by molar-refractivity contribution is 7.89. The van der Waals surface area contributed by atoms with Crippen LogP contribution in [0.3, 0.4) is 0 Å². The van der Waals surface area contributed by atoms with E-state index in [2.05, 4.69) is 4.98 Å². The number of piperidine rings is 1. The molecule has 0 aliphatic carbocycles. The second kappa shape index (κ2) is 9.56. The van der Waals surface area contributed by atoms with E-state index in [0.717, 1.165) is 0 Å². The van der Waals surface area contributed by atoms with Crippen LogP contribution in [0.15, 0.2) is 29.2 Å². The number of ether oxygens (including phenoxy) is 1. The van der Waals surface area contributed by atoms with E-state index < -0.39 is 34.3 Å². The molecule has 0 bridgehead atoms. The van der Waals surface area contributed by atoms with Crippen molar-refractivity contribution in [2.24, 2.45) is 5.92 Å².